The Labute approximate surface area is 151 Å². The fourth-order valence-electron chi connectivity index (χ4n) is 2.53. The van der Waals surface area contributed by atoms with Gasteiger partial charge in [-0.15, -0.1) is 0 Å². The molecule has 3 rings (SSSR count). The second-order valence-corrected chi connectivity index (χ2v) is 5.98. The van der Waals surface area contributed by atoms with Gasteiger partial charge in [-0.05, 0) is 36.6 Å². The molecule has 0 saturated heterocycles. The number of fused-ring (bicyclic) bond motifs is 1. The maximum atomic E-state index is 12.4. The first-order valence-corrected chi connectivity index (χ1v) is 8.25. The zero-order chi connectivity index (χ0) is 17.8. The first-order chi connectivity index (χ1) is 12.1. The lowest BCUT2D eigenvalue weighted by Crippen LogP contribution is -2.30. The van der Waals surface area contributed by atoms with Gasteiger partial charge in [0.25, 0.3) is 5.91 Å². The van der Waals surface area contributed by atoms with Gasteiger partial charge in [-0.3, -0.25) is 4.79 Å². The summed E-state index contributed by atoms with van der Waals surface area (Å²) < 4.78 is 11.0. The Morgan fingerprint density at radius 2 is 1.80 bits per heavy atom. The van der Waals surface area contributed by atoms with Crippen molar-refractivity contribution in [2.24, 2.45) is 0 Å². The summed E-state index contributed by atoms with van der Waals surface area (Å²) in [5.74, 6) is 0.974. The number of benzene rings is 3. The van der Waals surface area contributed by atoms with Crippen LogP contribution >= 0.6 is 11.6 Å². The molecule has 5 heteroatoms. The maximum absolute atomic E-state index is 12.4. The van der Waals surface area contributed by atoms with E-state index in [1.54, 1.807) is 32.2 Å². The Kier molecular flexibility index (Phi) is 5.10. The number of nitrogens with one attached hydrogen (secondary N) is 1. The van der Waals surface area contributed by atoms with Gasteiger partial charge in [0.1, 0.15) is 11.5 Å². The number of carbonyl (C=O) groups is 1. The summed E-state index contributed by atoms with van der Waals surface area (Å²) >= 11 is 6.08. The van der Waals surface area contributed by atoms with E-state index in [-0.39, 0.29) is 5.91 Å². The summed E-state index contributed by atoms with van der Waals surface area (Å²) in [5.41, 5.74) is 0.587. The number of hydrogen-bond donors (Lipinski definition) is 1. The number of methoxy groups -OCH3 is 1. The smallest absolute Gasteiger partial charge is 0.265 e. The van der Waals surface area contributed by atoms with E-state index in [4.69, 9.17) is 21.1 Å². The zero-order valence-electron chi connectivity index (χ0n) is 14.0. The van der Waals surface area contributed by atoms with Crippen molar-refractivity contribution in [3.05, 3.63) is 65.7 Å². The van der Waals surface area contributed by atoms with Crippen LogP contribution in [0.3, 0.4) is 0 Å². The molecule has 0 spiro atoms. The fourth-order valence-corrected chi connectivity index (χ4v) is 2.79. The molecule has 0 heterocycles. The third-order valence-corrected chi connectivity index (χ3v) is 4.14. The van der Waals surface area contributed by atoms with E-state index in [0.29, 0.717) is 22.2 Å². The van der Waals surface area contributed by atoms with Crippen LogP contribution in [0.1, 0.15) is 6.92 Å². The van der Waals surface area contributed by atoms with Crippen molar-refractivity contribution in [3.63, 3.8) is 0 Å². The highest BCUT2D eigenvalue weighted by Crippen LogP contribution is 2.28. The molecule has 3 aromatic carbocycles. The Bertz CT molecular complexity index is 905. The summed E-state index contributed by atoms with van der Waals surface area (Å²) in [6.45, 7) is 1.71. The summed E-state index contributed by atoms with van der Waals surface area (Å²) in [7, 11) is 1.54. The molecule has 0 radical (unpaired) electrons. The van der Waals surface area contributed by atoms with Gasteiger partial charge >= 0.3 is 0 Å². The molecule has 0 saturated carbocycles. The Morgan fingerprint density at radius 3 is 2.56 bits per heavy atom. The molecule has 0 aliphatic rings. The largest absolute Gasteiger partial charge is 0.495 e. The third kappa shape index (κ3) is 3.86. The normalized spacial score (nSPS) is 11.8. The van der Waals surface area contributed by atoms with E-state index in [1.807, 2.05) is 42.5 Å². The van der Waals surface area contributed by atoms with E-state index in [9.17, 15) is 4.79 Å². The van der Waals surface area contributed by atoms with Crippen LogP contribution in [0.15, 0.2) is 60.7 Å². The molecule has 4 nitrogen and oxygen atoms in total. The fraction of sp³-hybridized carbons (Fsp3) is 0.150. The molecule has 0 unspecified atom stereocenters. The molecule has 0 aliphatic carbocycles. The summed E-state index contributed by atoms with van der Waals surface area (Å²) in [5, 5.41) is 5.27. The number of ether oxygens (including phenoxy) is 2. The minimum absolute atomic E-state index is 0.255. The number of amides is 1. The number of hydrogen-bond acceptors (Lipinski definition) is 3. The highest BCUT2D eigenvalue weighted by Gasteiger charge is 2.16. The van der Waals surface area contributed by atoms with Gasteiger partial charge < -0.3 is 14.8 Å². The molecule has 0 fully saturated rings. The van der Waals surface area contributed by atoms with Crippen LogP contribution in [-0.4, -0.2) is 19.1 Å². The topological polar surface area (TPSA) is 47.6 Å². The van der Waals surface area contributed by atoms with Gasteiger partial charge in [-0.25, -0.2) is 0 Å². The van der Waals surface area contributed by atoms with Crippen molar-refractivity contribution in [2.45, 2.75) is 13.0 Å². The van der Waals surface area contributed by atoms with Crippen molar-refractivity contribution in [1.82, 2.24) is 0 Å². The maximum Gasteiger partial charge on any atom is 0.265 e. The molecule has 0 bridgehead atoms. The van der Waals surface area contributed by atoms with E-state index in [0.717, 1.165) is 10.8 Å². The monoisotopic (exact) mass is 355 g/mol. The molecular formula is C20H18ClNO3. The summed E-state index contributed by atoms with van der Waals surface area (Å²) in [4.78, 5) is 12.4. The Balaban J connectivity index is 1.73. The first-order valence-electron chi connectivity index (χ1n) is 7.87. The Hall–Kier alpha value is -2.72. The predicted octanol–water partition coefficient (Wildman–Crippen LogP) is 4.91. The van der Waals surface area contributed by atoms with Crippen LogP contribution in [0.2, 0.25) is 5.02 Å². The molecule has 1 N–H and O–H groups in total. The molecule has 1 atom stereocenters. The van der Waals surface area contributed by atoms with Crippen molar-refractivity contribution in [3.8, 4) is 11.5 Å². The highest BCUT2D eigenvalue weighted by molar-refractivity contribution is 6.32. The number of carbonyl (C=O) groups excluding carboxylic acids is 1. The lowest BCUT2D eigenvalue weighted by atomic mass is 10.1. The van der Waals surface area contributed by atoms with Gasteiger partial charge in [-0.1, -0.05) is 48.0 Å². The van der Waals surface area contributed by atoms with Gasteiger partial charge in [-0.2, -0.15) is 0 Å². The van der Waals surface area contributed by atoms with Gasteiger partial charge in [0.15, 0.2) is 6.10 Å². The number of halogens is 1. The second kappa shape index (κ2) is 7.45. The summed E-state index contributed by atoms with van der Waals surface area (Å²) in [6, 6.07) is 18.7. The highest BCUT2D eigenvalue weighted by atomic mass is 35.5. The standard InChI is InChI=1S/C20H18ClNO3/c1-13(20(23)22-15-10-11-19(24-2)17(21)12-15)25-18-9-5-7-14-6-3-4-8-16(14)18/h3-13H,1-2H3,(H,22,23)/t13-/m1/s1. The second-order valence-electron chi connectivity index (χ2n) is 5.58. The average molecular weight is 356 g/mol. The molecule has 25 heavy (non-hydrogen) atoms. The van der Waals surface area contributed by atoms with E-state index >= 15 is 0 Å². The SMILES string of the molecule is COc1ccc(NC(=O)[C@@H](C)Oc2cccc3ccccc23)cc1Cl. The predicted molar refractivity (Wildman–Crippen MR) is 101 cm³/mol. The van der Waals surface area contributed by atoms with Crippen LogP contribution < -0.4 is 14.8 Å². The Morgan fingerprint density at radius 1 is 1.04 bits per heavy atom. The van der Waals surface area contributed by atoms with Crippen LogP contribution in [0.4, 0.5) is 5.69 Å². The van der Waals surface area contributed by atoms with Gasteiger partial charge in [0, 0.05) is 11.1 Å². The van der Waals surface area contributed by atoms with Crippen molar-refractivity contribution < 1.29 is 14.3 Å². The van der Waals surface area contributed by atoms with E-state index in [1.165, 1.54) is 0 Å². The molecule has 128 valence electrons. The van der Waals surface area contributed by atoms with Crippen LogP contribution in [0.5, 0.6) is 11.5 Å². The average Bonchev–Trinajstić information content (AvgIpc) is 2.62. The minimum atomic E-state index is -0.660. The zero-order valence-corrected chi connectivity index (χ0v) is 14.7. The first kappa shape index (κ1) is 17.1. The van der Waals surface area contributed by atoms with Gasteiger partial charge in [0.2, 0.25) is 0 Å². The van der Waals surface area contributed by atoms with Crippen molar-refractivity contribution in [2.75, 3.05) is 12.4 Å². The van der Waals surface area contributed by atoms with Gasteiger partial charge in [0.05, 0.1) is 12.1 Å². The lowest BCUT2D eigenvalue weighted by Gasteiger charge is -2.16. The number of anilines is 1. The van der Waals surface area contributed by atoms with Crippen LogP contribution in [0.25, 0.3) is 10.8 Å². The third-order valence-electron chi connectivity index (χ3n) is 3.84. The van der Waals surface area contributed by atoms with E-state index < -0.39 is 6.10 Å². The summed E-state index contributed by atoms with van der Waals surface area (Å²) in [6.07, 6.45) is -0.660. The van der Waals surface area contributed by atoms with E-state index in [2.05, 4.69) is 5.32 Å². The van der Waals surface area contributed by atoms with Crippen molar-refractivity contribution >= 4 is 34.0 Å². The molecule has 0 aliphatic heterocycles. The molecular weight excluding hydrogens is 338 g/mol. The number of rotatable bonds is 5. The quantitative estimate of drug-likeness (QED) is 0.707. The minimum Gasteiger partial charge on any atom is -0.495 e. The molecule has 3 aromatic rings. The van der Waals surface area contributed by atoms with Crippen LogP contribution in [-0.2, 0) is 4.79 Å². The molecule has 1 amide bonds. The molecule has 0 aromatic heterocycles. The lowest BCUT2D eigenvalue weighted by molar-refractivity contribution is -0.122. The van der Waals surface area contributed by atoms with Crippen molar-refractivity contribution in [1.29, 1.82) is 0 Å². The van der Waals surface area contributed by atoms with Crippen LogP contribution in [0, 0.1) is 0 Å².